The normalized spacial score (nSPS) is 10.4. The van der Waals surface area contributed by atoms with E-state index in [4.69, 9.17) is 17.0 Å². The summed E-state index contributed by atoms with van der Waals surface area (Å²) in [5.41, 5.74) is 5.55. The van der Waals surface area contributed by atoms with Gasteiger partial charge in [-0.25, -0.2) is 4.79 Å². The van der Waals surface area contributed by atoms with Crippen molar-refractivity contribution in [1.29, 1.82) is 0 Å². The minimum atomic E-state index is -0.389. The van der Waals surface area contributed by atoms with Crippen molar-refractivity contribution in [2.45, 2.75) is 20.8 Å². The van der Waals surface area contributed by atoms with Crippen LogP contribution in [-0.2, 0) is 4.74 Å². The average molecular weight is 411 g/mol. The fraction of sp³-hybridized carbons (Fsp3) is 0.182. The molecule has 0 aliphatic carbocycles. The van der Waals surface area contributed by atoms with Gasteiger partial charge >= 0.3 is 5.97 Å². The Kier molecular flexibility index (Phi) is 6.11. The number of esters is 1. The lowest BCUT2D eigenvalue weighted by Gasteiger charge is -2.12. The molecule has 0 atom stereocenters. The number of ether oxygens (including phenoxy) is 1. The van der Waals surface area contributed by atoms with E-state index in [1.54, 1.807) is 0 Å². The van der Waals surface area contributed by atoms with Gasteiger partial charge in [-0.2, -0.15) is 0 Å². The van der Waals surface area contributed by atoms with Crippen molar-refractivity contribution in [3.8, 4) is 11.1 Å². The lowest BCUT2D eigenvalue weighted by molar-refractivity contribution is 0.0603. The van der Waals surface area contributed by atoms with Gasteiger partial charge in [0.25, 0.3) is 0 Å². The third-order valence-corrected chi connectivity index (χ3v) is 5.47. The number of benzene rings is 2. The Labute approximate surface area is 174 Å². The molecule has 4 nitrogen and oxygen atoms in total. The van der Waals surface area contributed by atoms with Crippen LogP contribution >= 0.6 is 23.6 Å². The monoisotopic (exact) mass is 410 g/mol. The third kappa shape index (κ3) is 4.40. The number of aryl methyl sites for hydroxylation is 3. The van der Waals surface area contributed by atoms with Crippen LogP contribution in [-0.4, -0.2) is 18.2 Å². The van der Waals surface area contributed by atoms with Crippen LogP contribution in [0.4, 0.5) is 10.7 Å². The summed E-state index contributed by atoms with van der Waals surface area (Å²) >= 11 is 6.97. The molecule has 0 spiro atoms. The van der Waals surface area contributed by atoms with Gasteiger partial charge < -0.3 is 15.4 Å². The van der Waals surface area contributed by atoms with Crippen LogP contribution in [0, 0.1) is 20.8 Å². The molecule has 2 N–H and O–H groups in total. The predicted octanol–water partition coefficient (Wildman–Crippen LogP) is 5.94. The first-order valence-corrected chi connectivity index (χ1v) is 10.0. The van der Waals surface area contributed by atoms with Crippen LogP contribution in [0.15, 0.2) is 48.5 Å². The second-order valence-corrected chi connectivity index (χ2v) is 8.18. The SMILES string of the molecule is COC(=O)c1c(NC(=S)Nc2cc(C)cc(C)c2)sc(C)c1-c1ccccc1. The molecule has 0 radical (unpaired) electrons. The summed E-state index contributed by atoms with van der Waals surface area (Å²) in [4.78, 5) is 13.6. The number of thiophene rings is 1. The molecule has 3 rings (SSSR count). The molecule has 0 saturated heterocycles. The summed E-state index contributed by atoms with van der Waals surface area (Å²) in [6, 6.07) is 16.0. The lowest BCUT2D eigenvalue weighted by Crippen LogP contribution is -2.20. The minimum Gasteiger partial charge on any atom is -0.465 e. The van der Waals surface area contributed by atoms with Crippen LogP contribution in [0.2, 0.25) is 0 Å². The van der Waals surface area contributed by atoms with Gasteiger partial charge in [0.05, 0.1) is 7.11 Å². The Bertz CT molecular complexity index is 1010. The van der Waals surface area contributed by atoms with Gasteiger partial charge in [0, 0.05) is 16.1 Å². The maximum Gasteiger partial charge on any atom is 0.341 e. The van der Waals surface area contributed by atoms with Crippen molar-refractivity contribution in [2.24, 2.45) is 0 Å². The highest BCUT2D eigenvalue weighted by Gasteiger charge is 2.24. The van der Waals surface area contributed by atoms with E-state index in [1.807, 2.05) is 63.2 Å². The molecule has 0 amide bonds. The van der Waals surface area contributed by atoms with Gasteiger partial charge in [-0.3, -0.25) is 0 Å². The van der Waals surface area contributed by atoms with Gasteiger partial charge in [0.2, 0.25) is 0 Å². The predicted molar refractivity (Wildman–Crippen MR) is 122 cm³/mol. The molecule has 28 heavy (non-hydrogen) atoms. The number of thiocarbonyl (C=S) groups is 1. The van der Waals surface area contributed by atoms with E-state index >= 15 is 0 Å². The van der Waals surface area contributed by atoms with E-state index < -0.39 is 0 Å². The molecule has 1 aromatic heterocycles. The molecule has 1 heterocycles. The second kappa shape index (κ2) is 8.54. The molecule has 0 bridgehead atoms. The fourth-order valence-corrected chi connectivity index (χ4v) is 4.55. The van der Waals surface area contributed by atoms with Crippen LogP contribution < -0.4 is 10.6 Å². The molecule has 0 fully saturated rings. The smallest absolute Gasteiger partial charge is 0.341 e. The molecular formula is C22H22N2O2S2. The lowest BCUT2D eigenvalue weighted by atomic mass is 10.0. The molecule has 3 aromatic rings. The molecule has 0 unspecified atom stereocenters. The average Bonchev–Trinajstić information content (AvgIpc) is 2.96. The molecule has 0 saturated carbocycles. The third-order valence-electron chi connectivity index (χ3n) is 4.24. The van der Waals surface area contributed by atoms with Crippen molar-refractivity contribution < 1.29 is 9.53 Å². The first kappa shape index (κ1) is 20.0. The van der Waals surface area contributed by atoms with E-state index in [1.165, 1.54) is 18.4 Å². The number of rotatable bonds is 4. The van der Waals surface area contributed by atoms with Gasteiger partial charge in [-0.1, -0.05) is 36.4 Å². The Hall–Kier alpha value is -2.70. The van der Waals surface area contributed by atoms with Gasteiger partial charge in [-0.05, 0) is 61.8 Å². The molecule has 6 heteroatoms. The molecular weight excluding hydrogens is 388 g/mol. The van der Waals surface area contributed by atoms with Gasteiger partial charge in [0.15, 0.2) is 5.11 Å². The highest BCUT2D eigenvalue weighted by atomic mass is 32.1. The first-order valence-electron chi connectivity index (χ1n) is 8.82. The zero-order valence-electron chi connectivity index (χ0n) is 16.3. The van der Waals surface area contributed by atoms with Crippen LogP contribution in [0.25, 0.3) is 11.1 Å². The number of carbonyl (C=O) groups excluding carboxylic acids is 1. The van der Waals surface area contributed by atoms with E-state index in [0.717, 1.165) is 32.8 Å². The van der Waals surface area contributed by atoms with Crippen LogP contribution in [0.3, 0.4) is 0 Å². The quantitative estimate of drug-likeness (QED) is 0.412. The van der Waals surface area contributed by atoms with Crippen LogP contribution in [0.1, 0.15) is 26.4 Å². The number of methoxy groups -OCH3 is 1. The summed E-state index contributed by atoms with van der Waals surface area (Å²) in [5.74, 6) is -0.389. The Balaban J connectivity index is 1.93. The topological polar surface area (TPSA) is 50.4 Å². The van der Waals surface area contributed by atoms with E-state index in [9.17, 15) is 4.79 Å². The van der Waals surface area contributed by atoms with Crippen molar-refractivity contribution in [3.05, 3.63) is 70.1 Å². The minimum absolute atomic E-state index is 0.389. The number of nitrogens with one attached hydrogen (secondary N) is 2. The fourth-order valence-electron chi connectivity index (χ4n) is 3.19. The van der Waals surface area contributed by atoms with E-state index in [-0.39, 0.29) is 5.97 Å². The van der Waals surface area contributed by atoms with Gasteiger partial charge in [0.1, 0.15) is 10.6 Å². The summed E-state index contributed by atoms with van der Waals surface area (Å²) < 4.78 is 5.05. The van der Waals surface area contributed by atoms with Crippen molar-refractivity contribution in [1.82, 2.24) is 0 Å². The number of anilines is 2. The first-order chi connectivity index (χ1) is 13.4. The largest absolute Gasteiger partial charge is 0.465 e. The number of hydrogen-bond acceptors (Lipinski definition) is 4. The van der Waals surface area contributed by atoms with Gasteiger partial charge in [-0.15, -0.1) is 11.3 Å². The second-order valence-electron chi connectivity index (χ2n) is 6.55. The Morgan fingerprint density at radius 1 is 1.00 bits per heavy atom. The standard InChI is InChI=1S/C22H22N2O2S2/c1-13-10-14(2)12-17(11-13)23-22(27)24-20-19(21(25)26-4)18(15(3)28-20)16-8-6-5-7-9-16/h5-12H,1-4H3,(H2,23,24,27). The summed E-state index contributed by atoms with van der Waals surface area (Å²) in [6.07, 6.45) is 0. The number of carbonyl (C=O) groups is 1. The highest BCUT2D eigenvalue weighted by molar-refractivity contribution is 7.80. The Morgan fingerprint density at radius 2 is 1.64 bits per heavy atom. The van der Waals surface area contributed by atoms with E-state index in [2.05, 4.69) is 16.7 Å². The highest BCUT2D eigenvalue weighted by Crippen LogP contribution is 2.40. The molecule has 144 valence electrons. The Morgan fingerprint density at radius 3 is 2.25 bits per heavy atom. The molecule has 2 aromatic carbocycles. The van der Waals surface area contributed by atoms with Crippen molar-refractivity contribution in [2.75, 3.05) is 17.7 Å². The van der Waals surface area contributed by atoms with Crippen molar-refractivity contribution in [3.63, 3.8) is 0 Å². The summed E-state index contributed by atoms with van der Waals surface area (Å²) in [5, 5.41) is 7.48. The summed E-state index contributed by atoms with van der Waals surface area (Å²) in [6.45, 7) is 6.07. The molecule has 0 aliphatic rings. The van der Waals surface area contributed by atoms with E-state index in [0.29, 0.717) is 15.7 Å². The number of hydrogen-bond donors (Lipinski definition) is 2. The maximum atomic E-state index is 12.6. The zero-order chi connectivity index (χ0) is 20.3. The van der Waals surface area contributed by atoms with Crippen molar-refractivity contribution >= 4 is 45.3 Å². The maximum absolute atomic E-state index is 12.6. The van der Waals surface area contributed by atoms with Crippen LogP contribution in [0.5, 0.6) is 0 Å². The summed E-state index contributed by atoms with van der Waals surface area (Å²) in [7, 11) is 1.39. The zero-order valence-corrected chi connectivity index (χ0v) is 17.9. The molecule has 0 aliphatic heterocycles.